The summed E-state index contributed by atoms with van der Waals surface area (Å²) in [5.41, 5.74) is 5.85. The Morgan fingerprint density at radius 1 is 1.35 bits per heavy atom. The van der Waals surface area contributed by atoms with Crippen molar-refractivity contribution in [1.29, 1.82) is 0 Å². The summed E-state index contributed by atoms with van der Waals surface area (Å²) < 4.78 is 10.5. The van der Waals surface area contributed by atoms with Crippen LogP contribution >= 0.6 is 0 Å². The third kappa shape index (κ3) is 2.75. The molecule has 0 unspecified atom stereocenters. The molecule has 1 aliphatic rings. The van der Waals surface area contributed by atoms with Gasteiger partial charge in [-0.2, -0.15) is 5.10 Å². The number of H-pyrrole nitrogens is 1. The molecule has 5 nitrogen and oxygen atoms in total. The number of furan rings is 1. The standard InChI is InChI=1S/C18H19N3O2/c1-22-15-4-2-3-14(9-15)18-16-11-21(7-5-17(16)19-20-18)10-13-6-8-23-12-13/h2-4,6,8-9,12H,5,7,10-11H2,1H3,(H,19,20). The summed E-state index contributed by atoms with van der Waals surface area (Å²) in [7, 11) is 1.69. The third-order valence-corrected chi connectivity index (χ3v) is 4.34. The minimum Gasteiger partial charge on any atom is -0.497 e. The van der Waals surface area contributed by atoms with Gasteiger partial charge in [0.15, 0.2) is 0 Å². The SMILES string of the molecule is COc1cccc(-c2n[nH]c3c2CN(Cc2ccoc2)CC3)c1. The highest BCUT2D eigenvalue weighted by Crippen LogP contribution is 2.30. The normalized spacial score (nSPS) is 14.7. The van der Waals surface area contributed by atoms with Crippen molar-refractivity contribution in [3.8, 4) is 17.0 Å². The van der Waals surface area contributed by atoms with Crippen molar-refractivity contribution in [3.63, 3.8) is 0 Å². The Kier molecular flexibility index (Phi) is 3.63. The summed E-state index contributed by atoms with van der Waals surface area (Å²) >= 11 is 0. The number of aromatic amines is 1. The average molecular weight is 309 g/mol. The molecule has 0 aliphatic carbocycles. The second-order valence-corrected chi connectivity index (χ2v) is 5.85. The van der Waals surface area contributed by atoms with Crippen LogP contribution in [0.25, 0.3) is 11.3 Å². The van der Waals surface area contributed by atoms with Crippen LogP contribution in [0.4, 0.5) is 0 Å². The molecule has 0 radical (unpaired) electrons. The van der Waals surface area contributed by atoms with Crippen molar-refractivity contribution in [2.24, 2.45) is 0 Å². The number of fused-ring (bicyclic) bond motifs is 1. The van der Waals surface area contributed by atoms with Crippen LogP contribution in [0.5, 0.6) is 5.75 Å². The van der Waals surface area contributed by atoms with Crippen LogP contribution in [0.15, 0.2) is 47.3 Å². The lowest BCUT2D eigenvalue weighted by molar-refractivity contribution is 0.244. The van der Waals surface area contributed by atoms with E-state index in [1.54, 1.807) is 13.4 Å². The monoisotopic (exact) mass is 309 g/mol. The maximum atomic E-state index is 5.33. The highest BCUT2D eigenvalue weighted by Gasteiger charge is 2.23. The maximum Gasteiger partial charge on any atom is 0.119 e. The summed E-state index contributed by atoms with van der Waals surface area (Å²) in [4.78, 5) is 2.42. The molecule has 3 aromatic rings. The number of ether oxygens (including phenoxy) is 1. The van der Waals surface area contributed by atoms with Crippen LogP contribution in [0.1, 0.15) is 16.8 Å². The molecule has 5 heteroatoms. The van der Waals surface area contributed by atoms with E-state index >= 15 is 0 Å². The van der Waals surface area contributed by atoms with Gasteiger partial charge in [-0.25, -0.2) is 0 Å². The van der Waals surface area contributed by atoms with Gasteiger partial charge in [-0.15, -0.1) is 0 Å². The van der Waals surface area contributed by atoms with Crippen molar-refractivity contribution in [2.45, 2.75) is 19.5 Å². The minimum absolute atomic E-state index is 0.852. The Bertz CT molecular complexity index is 792. The number of benzene rings is 1. The zero-order chi connectivity index (χ0) is 15.6. The molecule has 2 aromatic heterocycles. The van der Waals surface area contributed by atoms with Crippen molar-refractivity contribution in [1.82, 2.24) is 15.1 Å². The van der Waals surface area contributed by atoms with Crippen LogP contribution in [-0.4, -0.2) is 28.8 Å². The number of nitrogens with one attached hydrogen (secondary N) is 1. The molecule has 1 aromatic carbocycles. The fourth-order valence-corrected chi connectivity index (χ4v) is 3.14. The van der Waals surface area contributed by atoms with Gasteiger partial charge < -0.3 is 9.15 Å². The van der Waals surface area contributed by atoms with E-state index in [9.17, 15) is 0 Å². The van der Waals surface area contributed by atoms with Gasteiger partial charge in [-0.3, -0.25) is 10.00 Å². The molecule has 0 atom stereocenters. The summed E-state index contributed by atoms with van der Waals surface area (Å²) in [5.74, 6) is 0.852. The average Bonchev–Trinajstić information content (AvgIpc) is 3.24. The Morgan fingerprint density at radius 2 is 2.30 bits per heavy atom. The Hall–Kier alpha value is -2.53. The van der Waals surface area contributed by atoms with Crippen LogP contribution in [0.2, 0.25) is 0 Å². The highest BCUT2D eigenvalue weighted by atomic mass is 16.5. The van der Waals surface area contributed by atoms with E-state index in [4.69, 9.17) is 9.15 Å². The summed E-state index contributed by atoms with van der Waals surface area (Å²) in [5, 5.41) is 7.75. The van der Waals surface area contributed by atoms with Gasteiger partial charge in [0.05, 0.1) is 25.3 Å². The molecule has 23 heavy (non-hydrogen) atoms. The molecular formula is C18H19N3O2. The predicted molar refractivity (Wildman–Crippen MR) is 87.1 cm³/mol. The molecule has 0 fully saturated rings. The van der Waals surface area contributed by atoms with E-state index < -0.39 is 0 Å². The van der Waals surface area contributed by atoms with Crippen LogP contribution in [-0.2, 0) is 19.5 Å². The molecule has 0 saturated heterocycles. The Morgan fingerprint density at radius 3 is 3.13 bits per heavy atom. The van der Waals surface area contributed by atoms with Crippen molar-refractivity contribution < 1.29 is 9.15 Å². The van der Waals surface area contributed by atoms with E-state index in [1.807, 2.05) is 30.5 Å². The fourth-order valence-electron chi connectivity index (χ4n) is 3.14. The number of hydrogen-bond donors (Lipinski definition) is 1. The van der Waals surface area contributed by atoms with E-state index in [1.165, 1.54) is 16.8 Å². The first-order valence-corrected chi connectivity index (χ1v) is 7.77. The molecule has 1 N–H and O–H groups in total. The lowest BCUT2D eigenvalue weighted by atomic mass is 10.0. The van der Waals surface area contributed by atoms with Gasteiger partial charge in [-0.1, -0.05) is 12.1 Å². The number of aromatic nitrogens is 2. The quantitative estimate of drug-likeness (QED) is 0.804. The zero-order valence-electron chi connectivity index (χ0n) is 13.1. The highest BCUT2D eigenvalue weighted by molar-refractivity contribution is 5.65. The Balaban J connectivity index is 1.61. The van der Waals surface area contributed by atoms with Crippen molar-refractivity contribution in [3.05, 3.63) is 59.7 Å². The first-order valence-electron chi connectivity index (χ1n) is 7.77. The minimum atomic E-state index is 0.852. The first kappa shape index (κ1) is 14.1. The number of rotatable bonds is 4. The molecule has 118 valence electrons. The molecular weight excluding hydrogens is 290 g/mol. The predicted octanol–water partition coefficient (Wildman–Crippen LogP) is 3.24. The van der Waals surface area contributed by atoms with Crippen LogP contribution in [0.3, 0.4) is 0 Å². The summed E-state index contributed by atoms with van der Waals surface area (Å²) in [6.07, 6.45) is 4.53. The van der Waals surface area contributed by atoms with E-state index in [2.05, 4.69) is 21.2 Å². The summed E-state index contributed by atoms with van der Waals surface area (Å²) in [6.45, 7) is 2.82. The zero-order valence-corrected chi connectivity index (χ0v) is 13.1. The second kappa shape index (κ2) is 5.93. The number of nitrogens with zero attached hydrogens (tertiary/aromatic N) is 2. The third-order valence-electron chi connectivity index (χ3n) is 4.34. The van der Waals surface area contributed by atoms with Crippen LogP contribution in [0, 0.1) is 0 Å². The maximum absolute atomic E-state index is 5.33. The second-order valence-electron chi connectivity index (χ2n) is 5.85. The van der Waals surface area contributed by atoms with E-state index in [0.29, 0.717) is 0 Å². The van der Waals surface area contributed by atoms with Gasteiger partial charge in [0.1, 0.15) is 5.75 Å². The smallest absolute Gasteiger partial charge is 0.119 e. The van der Waals surface area contributed by atoms with E-state index in [0.717, 1.165) is 43.1 Å². The molecule has 3 heterocycles. The van der Waals surface area contributed by atoms with Gasteiger partial charge >= 0.3 is 0 Å². The van der Waals surface area contributed by atoms with Crippen LogP contribution < -0.4 is 4.74 Å². The van der Waals surface area contributed by atoms with Crippen molar-refractivity contribution in [2.75, 3.05) is 13.7 Å². The lowest BCUT2D eigenvalue weighted by Gasteiger charge is -2.26. The topological polar surface area (TPSA) is 54.3 Å². The van der Waals surface area contributed by atoms with Gasteiger partial charge in [0, 0.05) is 48.4 Å². The molecule has 0 amide bonds. The molecule has 0 saturated carbocycles. The van der Waals surface area contributed by atoms with Gasteiger partial charge in [0.25, 0.3) is 0 Å². The number of hydrogen-bond acceptors (Lipinski definition) is 4. The molecule has 4 rings (SSSR count). The first-order chi connectivity index (χ1) is 11.3. The van der Waals surface area contributed by atoms with Gasteiger partial charge in [-0.05, 0) is 18.2 Å². The largest absolute Gasteiger partial charge is 0.497 e. The molecule has 0 spiro atoms. The van der Waals surface area contributed by atoms with E-state index in [-0.39, 0.29) is 0 Å². The molecule has 0 bridgehead atoms. The Labute approximate surface area is 134 Å². The number of methoxy groups -OCH3 is 1. The van der Waals surface area contributed by atoms with Crippen molar-refractivity contribution >= 4 is 0 Å². The van der Waals surface area contributed by atoms with Gasteiger partial charge in [0.2, 0.25) is 0 Å². The lowest BCUT2D eigenvalue weighted by Crippen LogP contribution is -2.29. The fraction of sp³-hybridized carbons (Fsp3) is 0.278. The summed E-state index contributed by atoms with van der Waals surface area (Å²) in [6, 6.07) is 10.1. The molecule has 1 aliphatic heterocycles.